The van der Waals surface area contributed by atoms with E-state index >= 15 is 0 Å². The summed E-state index contributed by atoms with van der Waals surface area (Å²) in [5.41, 5.74) is 0. The molecule has 402 valence electrons. The van der Waals surface area contributed by atoms with Crippen LogP contribution in [0.25, 0.3) is 0 Å². The lowest BCUT2D eigenvalue weighted by molar-refractivity contribution is -0.870. The number of quaternary nitrogens is 1. The van der Waals surface area contributed by atoms with Gasteiger partial charge in [0, 0.05) is 12.8 Å². The van der Waals surface area contributed by atoms with Crippen molar-refractivity contribution in [1.82, 2.24) is 5.32 Å². The van der Waals surface area contributed by atoms with Crippen LogP contribution < -0.4 is 10.2 Å². The number of phosphoric ester groups is 1. The molecule has 0 aromatic heterocycles. The number of allylic oxidation sites excluding steroid dienone is 3. The standard InChI is InChI=1S/C58H113N2O7P/c1-7-10-13-16-19-22-25-28-30-31-32-35-38-41-44-47-50-57(61)59-55(54-66-68(63,64)65-53-52-60(4,5)6)56(49-46-43-40-37-34-27-24-21-18-15-12-9-3)67-58(62)51-48-45-42-39-36-33-29-26-23-20-17-14-11-8-2/h30-31,46,49,55-56H,7-29,32-45,47-48,50-54H2,1-6H3,(H-,59,61,63,64)/b31-30+,49-46+. The molecule has 0 saturated heterocycles. The molecule has 10 heteroatoms. The molecule has 0 bridgehead atoms. The van der Waals surface area contributed by atoms with E-state index in [1.165, 1.54) is 173 Å². The van der Waals surface area contributed by atoms with Gasteiger partial charge in [-0.2, -0.15) is 0 Å². The van der Waals surface area contributed by atoms with E-state index in [2.05, 4.69) is 38.2 Å². The first-order valence-corrected chi connectivity index (χ1v) is 30.6. The van der Waals surface area contributed by atoms with Crippen LogP contribution in [0.5, 0.6) is 0 Å². The average Bonchev–Trinajstić information content (AvgIpc) is 3.29. The zero-order valence-electron chi connectivity index (χ0n) is 45.8. The fourth-order valence-corrected chi connectivity index (χ4v) is 9.30. The lowest BCUT2D eigenvalue weighted by atomic mass is 10.0. The van der Waals surface area contributed by atoms with Gasteiger partial charge in [0.05, 0.1) is 33.8 Å². The third kappa shape index (κ3) is 49.5. The van der Waals surface area contributed by atoms with E-state index in [4.69, 9.17) is 13.8 Å². The number of likely N-dealkylation sites (N-methyl/N-ethyl adjacent to an activating group) is 1. The molecule has 0 aromatic carbocycles. The Bertz CT molecular complexity index is 1220. The highest BCUT2D eigenvalue weighted by atomic mass is 31.2. The average molecular weight is 982 g/mol. The quantitative estimate of drug-likeness (QED) is 0.0212. The minimum atomic E-state index is -4.69. The molecule has 0 aliphatic heterocycles. The molecule has 0 heterocycles. The van der Waals surface area contributed by atoms with Crippen LogP contribution in [0, 0.1) is 0 Å². The van der Waals surface area contributed by atoms with Gasteiger partial charge in [0.2, 0.25) is 5.91 Å². The van der Waals surface area contributed by atoms with Crippen molar-refractivity contribution in [2.45, 2.75) is 296 Å². The number of nitrogens with zero attached hydrogens (tertiary/aromatic N) is 1. The zero-order valence-corrected chi connectivity index (χ0v) is 46.7. The maximum atomic E-state index is 13.5. The van der Waals surface area contributed by atoms with Gasteiger partial charge in [0.25, 0.3) is 7.82 Å². The normalized spacial score (nSPS) is 13.9. The Morgan fingerprint density at radius 3 is 1.25 bits per heavy atom. The molecule has 1 N–H and O–H groups in total. The number of hydrogen-bond acceptors (Lipinski definition) is 7. The van der Waals surface area contributed by atoms with E-state index in [1.807, 2.05) is 33.3 Å². The van der Waals surface area contributed by atoms with Crippen molar-refractivity contribution < 1.29 is 37.3 Å². The van der Waals surface area contributed by atoms with E-state index < -0.39 is 20.0 Å². The zero-order chi connectivity index (χ0) is 50.1. The Hall–Kier alpha value is -1.51. The van der Waals surface area contributed by atoms with E-state index in [-0.39, 0.29) is 31.5 Å². The number of ether oxygens (including phenoxy) is 1. The van der Waals surface area contributed by atoms with E-state index in [0.29, 0.717) is 17.4 Å². The van der Waals surface area contributed by atoms with Gasteiger partial charge in [0.15, 0.2) is 0 Å². The number of esters is 1. The molecule has 0 rings (SSSR count). The van der Waals surface area contributed by atoms with Crippen LogP contribution in [0.3, 0.4) is 0 Å². The minimum absolute atomic E-state index is 0.0206. The number of phosphoric acid groups is 1. The van der Waals surface area contributed by atoms with Crippen molar-refractivity contribution in [3.63, 3.8) is 0 Å². The van der Waals surface area contributed by atoms with Crippen LogP contribution in [0.15, 0.2) is 24.3 Å². The fraction of sp³-hybridized carbons (Fsp3) is 0.897. The molecular formula is C58H113N2O7P. The third-order valence-corrected chi connectivity index (χ3v) is 14.1. The van der Waals surface area contributed by atoms with Gasteiger partial charge in [-0.25, -0.2) is 0 Å². The van der Waals surface area contributed by atoms with Crippen LogP contribution in [0.2, 0.25) is 0 Å². The number of amides is 1. The Balaban J connectivity index is 5.33. The maximum Gasteiger partial charge on any atom is 0.306 e. The van der Waals surface area contributed by atoms with Gasteiger partial charge in [-0.15, -0.1) is 0 Å². The van der Waals surface area contributed by atoms with Crippen molar-refractivity contribution in [2.75, 3.05) is 40.9 Å². The Morgan fingerprint density at radius 1 is 0.500 bits per heavy atom. The molecule has 0 aliphatic rings. The molecule has 0 radical (unpaired) electrons. The molecule has 0 aliphatic carbocycles. The van der Waals surface area contributed by atoms with Gasteiger partial charge >= 0.3 is 5.97 Å². The predicted molar refractivity (Wildman–Crippen MR) is 289 cm³/mol. The summed E-state index contributed by atoms with van der Waals surface area (Å²) < 4.78 is 30.2. The smallest absolute Gasteiger partial charge is 0.306 e. The number of nitrogens with one attached hydrogen (secondary N) is 1. The summed E-state index contributed by atoms with van der Waals surface area (Å²) in [4.78, 5) is 39.8. The molecule has 3 unspecified atom stereocenters. The predicted octanol–water partition coefficient (Wildman–Crippen LogP) is 16.8. The highest BCUT2D eigenvalue weighted by Crippen LogP contribution is 2.38. The fourth-order valence-electron chi connectivity index (χ4n) is 8.58. The second-order valence-corrected chi connectivity index (χ2v) is 22.6. The summed E-state index contributed by atoms with van der Waals surface area (Å²) in [6.45, 7) is 6.86. The second kappa shape index (κ2) is 49.1. The van der Waals surface area contributed by atoms with Crippen LogP contribution in [0.4, 0.5) is 0 Å². The highest BCUT2D eigenvalue weighted by Gasteiger charge is 2.27. The first kappa shape index (κ1) is 66.5. The minimum Gasteiger partial charge on any atom is -0.756 e. The van der Waals surface area contributed by atoms with Gasteiger partial charge in [-0.05, 0) is 57.4 Å². The SMILES string of the molecule is CCCCCCCCC/C=C/CCCCCCCC(=O)NC(COP(=O)([O-])OCC[N+](C)(C)C)C(/C=C/CCCCCCCCCCCC)OC(=O)CCCCCCCCCCCCCCCC. The molecule has 0 spiro atoms. The largest absolute Gasteiger partial charge is 0.756 e. The first-order valence-electron chi connectivity index (χ1n) is 29.1. The van der Waals surface area contributed by atoms with Crippen LogP contribution in [-0.4, -0.2) is 69.4 Å². The molecule has 0 saturated carbocycles. The van der Waals surface area contributed by atoms with Gasteiger partial charge < -0.3 is 28.5 Å². The number of carbonyl (C=O) groups excluding carboxylic acids is 2. The molecule has 3 atom stereocenters. The van der Waals surface area contributed by atoms with Crippen LogP contribution in [-0.2, 0) is 27.9 Å². The number of carbonyl (C=O) groups is 2. The lowest BCUT2D eigenvalue weighted by Crippen LogP contribution is -2.47. The topological polar surface area (TPSA) is 114 Å². The number of rotatable bonds is 53. The second-order valence-electron chi connectivity index (χ2n) is 21.2. The Kier molecular flexibility index (Phi) is 48.0. The number of unbranched alkanes of at least 4 members (excludes halogenated alkanes) is 35. The summed E-state index contributed by atoms with van der Waals surface area (Å²) in [5, 5.41) is 3.02. The molecule has 0 aromatic rings. The summed E-state index contributed by atoms with van der Waals surface area (Å²) in [5.74, 6) is -0.538. The molecule has 0 fully saturated rings. The van der Waals surface area contributed by atoms with Crippen molar-refractivity contribution >= 4 is 19.7 Å². The molecular weight excluding hydrogens is 868 g/mol. The Labute approximate surface area is 422 Å². The van der Waals surface area contributed by atoms with Crippen LogP contribution in [0.1, 0.15) is 284 Å². The van der Waals surface area contributed by atoms with Gasteiger partial charge in [0.1, 0.15) is 19.3 Å². The van der Waals surface area contributed by atoms with E-state index in [0.717, 1.165) is 77.0 Å². The van der Waals surface area contributed by atoms with Gasteiger partial charge in [-0.1, -0.05) is 238 Å². The molecule has 9 nitrogen and oxygen atoms in total. The number of hydrogen-bond donors (Lipinski definition) is 1. The molecule has 68 heavy (non-hydrogen) atoms. The van der Waals surface area contributed by atoms with Crippen molar-refractivity contribution in [3.8, 4) is 0 Å². The monoisotopic (exact) mass is 981 g/mol. The lowest BCUT2D eigenvalue weighted by Gasteiger charge is -2.30. The first-order chi connectivity index (χ1) is 32.9. The van der Waals surface area contributed by atoms with Crippen LogP contribution >= 0.6 is 7.82 Å². The van der Waals surface area contributed by atoms with Crippen molar-refractivity contribution in [2.24, 2.45) is 0 Å². The molecule has 1 amide bonds. The van der Waals surface area contributed by atoms with Crippen molar-refractivity contribution in [1.29, 1.82) is 0 Å². The summed E-state index contributed by atoms with van der Waals surface area (Å²) in [7, 11) is 1.19. The summed E-state index contributed by atoms with van der Waals surface area (Å²) in [6.07, 6.45) is 55.6. The maximum absolute atomic E-state index is 13.5. The van der Waals surface area contributed by atoms with E-state index in [9.17, 15) is 19.0 Å². The van der Waals surface area contributed by atoms with Gasteiger partial charge in [-0.3, -0.25) is 14.2 Å². The summed E-state index contributed by atoms with van der Waals surface area (Å²) >= 11 is 0. The third-order valence-electron chi connectivity index (χ3n) is 13.1. The van der Waals surface area contributed by atoms with E-state index in [1.54, 1.807) is 0 Å². The summed E-state index contributed by atoms with van der Waals surface area (Å²) in [6, 6.07) is -0.885. The Morgan fingerprint density at radius 2 is 0.853 bits per heavy atom. The van der Waals surface area contributed by atoms with Crippen molar-refractivity contribution in [3.05, 3.63) is 24.3 Å². The highest BCUT2D eigenvalue weighted by molar-refractivity contribution is 7.45.